The molecule has 2 aromatic rings. The zero-order valence-corrected chi connectivity index (χ0v) is 19.6. The number of nitrogens with zero attached hydrogens (tertiary/aromatic N) is 1. The van der Waals surface area contributed by atoms with E-state index < -0.39 is 18.4 Å². The van der Waals surface area contributed by atoms with Crippen LogP contribution in [0.2, 0.25) is 0 Å². The normalized spacial score (nSPS) is 14.5. The number of carboxylic acid groups (broad SMARTS) is 1. The zero-order chi connectivity index (χ0) is 24.0. The van der Waals surface area contributed by atoms with Gasteiger partial charge in [-0.15, -0.1) is 0 Å². The van der Waals surface area contributed by atoms with Gasteiger partial charge in [-0.3, -0.25) is 19.3 Å². The Balaban J connectivity index is 1.70. The molecule has 1 fully saturated rings. The molecule has 0 radical (unpaired) electrons. The van der Waals surface area contributed by atoms with E-state index in [4.69, 9.17) is 26.8 Å². The van der Waals surface area contributed by atoms with Gasteiger partial charge in [0.25, 0.3) is 11.8 Å². The lowest BCUT2D eigenvalue weighted by atomic mass is 10.2. The Morgan fingerprint density at radius 1 is 1.15 bits per heavy atom. The summed E-state index contributed by atoms with van der Waals surface area (Å²) in [6.45, 7) is 3.46. The number of aliphatic carboxylic acids is 1. The second kappa shape index (κ2) is 11.0. The molecule has 172 valence electrons. The number of thioether (sulfide) groups is 1. The fraction of sp³-hybridized carbons (Fsp3) is 0.217. The number of ether oxygens (including phenoxy) is 2. The molecule has 3 rings (SSSR count). The van der Waals surface area contributed by atoms with E-state index in [0.717, 1.165) is 22.2 Å². The second-order valence-corrected chi connectivity index (χ2v) is 8.68. The SMILES string of the molecule is CCOc1cc(C=C2SC(=S)N(CC(=O)O)C2=O)ccc1OCC(=O)Nc1ccc(C)cc1. The molecule has 2 N–H and O–H groups in total. The van der Waals surface area contributed by atoms with E-state index in [2.05, 4.69) is 5.32 Å². The van der Waals surface area contributed by atoms with Crippen LogP contribution in [0.15, 0.2) is 47.4 Å². The summed E-state index contributed by atoms with van der Waals surface area (Å²) in [6, 6.07) is 12.5. The second-order valence-electron chi connectivity index (χ2n) is 7.00. The zero-order valence-electron chi connectivity index (χ0n) is 18.0. The minimum atomic E-state index is -1.14. The van der Waals surface area contributed by atoms with Crippen LogP contribution in [-0.2, 0) is 14.4 Å². The molecule has 33 heavy (non-hydrogen) atoms. The Morgan fingerprint density at radius 2 is 1.88 bits per heavy atom. The standard InChI is InChI=1S/C23H22N2O6S2/c1-3-30-18-10-15(11-19-22(29)25(12-21(27)28)23(32)33-19)6-9-17(18)31-13-20(26)24-16-7-4-14(2)5-8-16/h4-11H,3,12-13H2,1-2H3,(H,24,26)(H,27,28). The van der Waals surface area contributed by atoms with Gasteiger partial charge in [0.05, 0.1) is 11.5 Å². The van der Waals surface area contributed by atoms with Gasteiger partial charge in [-0.05, 0) is 49.8 Å². The highest BCUT2D eigenvalue weighted by Gasteiger charge is 2.33. The minimum Gasteiger partial charge on any atom is -0.490 e. The summed E-state index contributed by atoms with van der Waals surface area (Å²) in [4.78, 5) is 37.0. The number of carbonyl (C=O) groups is 3. The van der Waals surface area contributed by atoms with Crippen LogP contribution in [0.5, 0.6) is 11.5 Å². The molecule has 10 heteroatoms. The van der Waals surface area contributed by atoms with Gasteiger partial charge in [0.15, 0.2) is 18.1 Å². The maximum Gasteiger partial charge on any atom is 0.323 e. The molecule has 2 aromatic carbocycles. The molecule has 0 unspecified atom stereocenters. The van der Waals surface area contributed by atoms with Gasteiger partial charge >= 0.3 is 5.97 Å². The third-order valence-corrected chi connectivity index (χ3v) is 5.80. The number of thiocarbonyl (C=S) groups is 1. The molecule has 8 nitrogen and oxygen atoms in total. The van der Waals surface area contributed by atoms with Crippen molar-refractivity contribution in [2.45, 2.75) is 13.8 Å². The summed E-state index contributed by atoms with van der Waals surface area (Å²) in [7, 11) is 0. The molecule has 0 saturated carbocycles. The molecule has 0 atom stereocenters. The Kier molecular flexibility index (Phi) is 8.07. The van der Waals surface area contributed by atoms with Crippen LogP contribution in [0.3, 0.4) is 0 Å². The molecule has 0 aliphatic carbocycles. The average Bonchev–Trinajstić information content (AvgIpc) is 3.02. The van der Waals surface area contributed by atoms with Crippen molar-refractivity contribution in [1.29, 1.82) is 0 Å². The highest BCUT2D eigenvalue weighted by molar-refractivity contribution is 8.26. The number of carbonyl (C=O) groups excluding carboxylic acids is 2. The predicted molar refractivity (Wildman–Crippen MR) is 130 cm³/mol. The van der Waals surface area contributed by atoms with E-state index in [-0.39, 0.29) is 16.8 Å². The summed E-state index contributed by atoms with van der Waals surface area (Å²) in [5.41, 5.74) is 2.41. The fourth-order valence-electron chi connectivity index (χ4n) is 2.90. The molecule has 1 saturated heterocycles. The number of anilines is 1. The molecule has 1 aliphatic heterocycles. The van der Waals surface area contributed by atoms with E-state index in [1.54, 1.807) is 24.3 Å². The highest BCUT2D eigenvalue weighted by Crippen LogP contribution is 2.34. The number of aryl methyl sites for hydroxylation is 1. The molecule has 2 amide bonds. The number of carboxylic acids is 1. The van der Waals surface area contributed by atoms with Crippen molar-refractivity contribution >= 4 is 57.8 Å². The molecular weight excluding hydrogens is 464 g/mol. The molecular formula is C23H22N2O6S2. The van der Waals surface area contributed by atoms with Crippen LogP contribution in [0.1, 0.15) is 18.1 Å². The van der Waals surface area contributed by atoms with Crippen LogP contribution in [0.25, 0.3) is 6.08 Å². The van der Waals surface area contributed by atoms with Crippen molar-refractivity contribution in [1.82, 2.24) is 4.90 Å². The van der Waals surface area contributed by atoms with E-state index in [1.165, 1.54) is 0 Å². The lowest BCUT2D eigenvalue weighted by Gasteiger charge is -2.13. The van der Waals surface area contributed by atoms with Crippen molar-refractivity contribution in [3.8, 4) is 11.5 Å². The third-order valence-electron chi connectivity index (χ3n) is 4.43. The molecule has 1 aliphatic rings. The number of nitrogens with one attached hydrogen (secondary N) is 1. The van der Waals surface area contributed by atoms with Crippen LogP contribution >= 0.6 is 24.0 Å². The fourth-order valence-corrected chi connectivity index (χ4v) is 4.16. The van der Waals surface area contributed by atoms with Crippen molar-refractivity contribution in [3.05, 3.63) is 58.5 Å². The first-order chi connectivity index (χ1) is 15.8. The van der Waals surface area contributed by atoms with Crippen molar-refractivity contribution < 1.29 is 29.0 Å². The number of hydrogen-bond acceptors (Lipinski definition) is 7. The summed E-state index contributed by atoms with van der Waals surface area (Å²) >= 11 is 6.15. The smallest absolute Gasteiger partial charge is 0.323 e. The Morgan fingerprint density at radius 3 is 2.55 bits per heavy atom. The van der Waals surface area contributed by atoms with Crippen LogP contribution in [0.4, 0.5) is 5.69 Å². The van der Waals surface area contributed by atoms with Gasteiger partial charge in [0.2, 0.25) is 0 Å². The van der Waals surface area contributed by atoms with Gasteiger partial charge < -0.3 is 19.9 Å². The number of hydrogen-bond donors (Lipinski definition) is 2. The van der Waals surface area contributed by atoms with Crippen molar-refractivity contribution in [3.63, 3.8) is 0 Å². The Bertz CT molecular complexity index is 1110. The highest BCUT2D eigenvalue weighted by atomic mass is 32.2. The topological polar surface area (TPSA) is 105 Å². The van der Waals surface area contributed by atoms with Crippen LogP contribution in [0, 0.1) is 6.92 Å². The van der Waals surface area contributed by atoms with Gasteiger partial charge in [-0.2, -0.15) is 0 Å². The first-order valence-electron chi connectivity index (χ1n) is 10.00. The van der Waals surface area contributed by atoms with E-state index in [0.29, 0.717) is 34.3 Å². The summed E-state index contributed by atoms with van der Waals surface area (Å²) in [5, 5.41) is 11.7. The quantitative estimate of drug-likeness (QED) is 0.408. The molecule has 0 aromatic heterocycles. The van der Waals surface area contributed by atoms with Crippen molar-refractivity contribution in [2.24, 2.45) is 0 Å². The number of rotatable bonds is 9. The monoisotopic (exact) mass is 486 g/mol. The van der Waals surface area contributed by atoms with Gasteiger partial charge in [0.1, 0.15) is 10.9 Å². The van der Waals surface area contributed by atoms with Crippen LogP contribution in [-0.4, -0.2) is 51.9 Å². The largest absolute Gasteiger partial charge is 0.490 e. The average molecular weight is 487 g/mol. The van der Waals surface area contributed by atoms with E-state index in [9.17, 15) is 14.4 Å². The summed E-state index contributed by atoms with van der Waals surface area (Å²) in [6.07, 6.45) is 1.61. The van der Waals surface area contributed by atoms with E-state index >= 15 is 0 Å². The molecule has 0 bridgehead atoms. The maximum absolute atomic E-state index is 12.5. The van der Waals surface area contributed by atoms with Crippen molar-refractivity contribution in [2.75, 3.05) is 25.1 Å². The van der Waals surface area contributed by atoms with Gasteiger partial charge in [0, 0.05) is 5.69 Å². The molecule has 1 heterocycles. The lowest BCUT2D eigenvalue weighted by molar-refractivity contribution is -0.140. The third kappa shape index (κ3) is 6.56. The summed E-state index contributed by atoms with van der Waals surface area (Å²) < 4.78 is 11.5. The van der Waals surface area contributed by atoms with Gasteiger partial charge in [-0.25, -0.2) is 0 Å². The predicted octanol–water partition coefficient (Wildman–Crippen LogP) is 3.70. The van der Waals surface area contributed by atoms with Gasteiger partial charge in [-0.1, -0.05) is 47.7 Å². The Hall–Kier alpha value is -3.37. The number of benzene rings is 2. The summed E-state index contributed by atoms with van der Waals surface area (Å²) in [5.74, 6) is -1.12. The van der Waals surface area contributed by atoms with E-state index in [1.807, 2.05) is 38.1 Å². The minimum absolute atomic E-state index is 0.193. The number of amides is 2. The first-order valence-corrected chi connectivity index (χ1v) is 11.2. The molecule has 0 spiro atoms. The van der Waals surface area contributed by atoms with Crippen LogP contribution < -0.4 is 14.8 Å². The Labute approximate surface area is 200 Å². The first kappa shape index (κ1) is 24.3. The maximum atomic E-state index is 12.5. The lowest BCUT2D eigenvalue weighted by Crippen LogP contribution is -2.33.